The number of nitrogens with zero attached hydrogens (tertiary/aromatic N) is 2. The number of hydrogen-bond donors (Lipinski definition) is 4. The SMILES string of the molecule is NS(=O)(=O)c1c(C(F)(F)F)ccc(-c2cccc3ncccc23)c1C1=NNNN1. The first-order valence-corrected chi connectivity index (χ1v) is 9.68. The van der Waals surface area contributed by atoms with Crippen molar-refractivity contribution in [3.05, 3.63) is 59.8 Å². The van der Waals surface area contributed by atoms with E-state index in [1.165, 1.54) is 6.07 Å². The van der Waals surface area contributed by atoms with E-state index in [9.17, 15) is 21.6 Å². The number of nitrogens with two attached hydrogens (primary N) is 1. The minimum absolute atomic E-state index is 0.156. The van der Waals surface area contributed by atoms with Gasteiger partial charge < -0.3 is 0 Å². The zero-order chi connectivity index (χ0) is 20.8. The Hall–Kier alpha value is -3.22. The van der Waals surface area contributed by atoms with Crippen molar-refractivity contribution < 1.29 is 21.6 Å². The Kier molecular flexibility index (Phi) is 4.41. The van der Waals surface area contributed by atoms with Gasteiger partial charge >= 0.3 is 6.18 Å². The number of sulfonamides is 1. The number of alkyl halides is 3. The van der Waals surface area contributed by atoms with Gasteiger partial charge in [-0.3, -0.25) is 10.4 Å². The van der Waals surface area contributed by atoms with Gasteiger partial charge in [0.25, 0.3) is 0 Å². The first-order valence-electron chi connectivity index (χ1n) is 8.13. The molecule has 0 unspecified atom stereocenters. The molecular formula is C17H13F3N6O2S. The van der Waals surface area contributed by atoms with E-state index >= 15 is 0 Å². The highest BCUT2D eigenvalue weighted by Crippen LogP contribution is 2.40. The molecule has 2 aromatic carbocycles. The molecule has 2 heterocycles. The second-order valence-electron chi connectivity index (χ2n) is 6.11. The normalized spacial score (nSPS) is 14.4. The molecule has 4 rings (SSSR count). The number of benzene rings is 2. The van der Waals surface area contributed by atoms with Crippen LogP contribution in [0.3, 0.4) is 0 Å². The molecule has 0 saturated carbocycles. The van der Waals surface area contributed by atoms with Gasteiger partial charge in [-0.05, 0) is 29.3 Å². The molecule has 1 aliphatic heterocycles. The maximum Gasteiger partial charge on any atom is 0.417 e. The molecule has 0 atom stereocenters. The second kappa shape index (κ2) is 6.69. The van der Waals surface area contributed by atoms with Crippen LogP contribution in [0.15, 0.2) is 58.7 Å². The molecule has 0 saturated heterocycles. The van der Waals surface area contributed by atoms with Crippen LogP contribution in [0.1, 0.15) is 11.1 Å². The number of hydrazine groups is 2. The van der Waals surface area contributed by atoms with Gasteiger partial charge in [-0.15, -0.1) is 10.6 Å². The number of hydrogen-bond acceptors (Lipinski definition) is 7. The predicted octanol–water partition coefficient (Wildman–Crippen LogP) is 1.84. The Morgan fingerprint density at radius 1 is 1.00 bits per heavy atom. The van der Waals surface area contributed by atoms with E-state index in [-0.39, 0.29) is 17.0 Å². The molecule has 0 bridgehead atoms. The average Bonchev–Trinajstić information content (AvgIpc) is 3.19. The third-order valence-electron chi connectivity index (χ3n) is 4.32. The fraction of sp³-hybridized carbons (Fsp3) is 0.0588. The predicted molar refractivity (Wildman–Crippen MR) is 99.5 cm³/mol. The van der Waals surface area contributed by atoms with Crippen molar-refractivity contribution in [3.8, 4) is 11.1 Å². The lowest BCUT2D eigenvalue weighted by molar-refractivity contribution is -0.139. The van der Waals surface area contributed by atoms with Gasteiger partial charge in [-0.2, -0.15) is 13.2 Å². The van der Waals surface area contributed by atoms with Crippen molar-refractivity contribution >= 4 is 26.8 Å². The van der Waals surface area contributed by atoms with Gasteiger partial charge in [0.2, 0.25) is 10.0 Å². The smallest absolute Gasteiger partial charge is 0.285 e. The van der Waals surface area contributed by atoms with E-state index in [0.717, 1.165) is 0 Å². The number of rotatable bonds is 3. The molecule has 29 heavy (non-hydrogen) atoms. The first-order chi connectivity index (χ1) is 13.7. The minimum Gasteiger partial charge on any atom is -0.285 e. The quantitative estimate of drug-likeness (QED) is 0.511. The van der Waals surface area contributed by atoms with E-state index in [1.54, 1.807) is 36.5 Å². The number of fused-ring (bicyclic) bond motifs is 1. The van der Waals surface area contributed by atoms with E-state index in [1.807, 2.05) is 0 Å². The van der Waals surface area contributed by atoms with Crippen LogP contribution in [-0.2, 0) is 16.2 Å². The Bertz CT molecular complexity index is 1250. The molecule has 150 valence electrons. The van der Waals surface area contributed by atoms with Crippen LogP contribution in [-0.4, -0.2) is 19.2 Å². The lowest BCUT2D eigenvalue weighted by atomic mass is 9.93. The van der Waals surface area contributed by atoms with Gasteiger partial charge in [0, 0.05) is 17.1 Å². The van der Waals surface area contributed by atoms with E-state index < -0.39 is 26.7 Å². The number of primary sulfonamides is 1. The van der Waals surface area contributed by atoms with Crippen molar-refractivity contribution in [2.45, 2.75) is 11.1 Å². The first kappa shape index (κ1) is 19.1. The largest absolute Gasteiger partial charge is 0.417 e. The third-order valence-corrected chi connectivity index (χ3v) is 5.32. The van der Waals surface area contributed by atoms with E-state index in [2.05, 4.69) is 26.6 Å². The van der Waals surface area contributed by atoms with Gasteiger partial charge in [0.15, 0.2) is 5.84 Å². The molecule has 8 nitrogen and oxygen atoms in total. The minimum atomic E-state index is -4.95. The zero-order valence-corrected chi connectivity index (χ0v) is 15.3. The van der Waals surface area contributed by atoms with Crippen LogP contribution >= 0.6 is 0 Å². The standard InChI is InChI=1S/C17H13F3N6O2S/c18-17(19,20)12-7-6-11(9-3-1-5-13-10(9)4-2-8-22-13)14(15(12)29(21,27)28)16-23-25-26-24-16/h1-8,25-26H,(H,23,24)(H2,21,27,28). The van der Waals surface area contributed by atoms with Crippen LogP contribution in [0.25, 0.3) is 22.0 Å². The summed E-state index contributed by atoms with van der Waals surface area (Å²) in [4.78, 5) is 3.16. The van der Waals surface area contributed by atoms with Crippen molar-refractivity contribution in [1.82, 2.24) is 21.5 Å². The highest BCUT2D eigenvalue weighted by atomic mass is 32.2. The molecule has 0 amide bonds. The summed E-state index contributed by atoms with van der Waals surface area (Å²) in [5, 5.41) is 9.65. The number of halogens is 3. The van der Waals surface area contributed by atoms with Crippen molar-refractivity contribution in [3.63, 3.8) is 0 Å². The molecule has 1 aliphatic rings. The van der Waals surface area contributed by atoms with Crippen LogP contribution < -0.4 is 21.6 Å². The van der Waals surface area contributed by atoms with E-state index in [0.29, 0.717) is 22.5 Å². The number of pyridine rings is 1. The Labute approximate surface area is 162 Å². The Morgan fingerprint density at radius 3 is 2.45 bits per heavy atom. The maximum atomic E-state index is 13.6. The van der Waals surface area contributed by atoms with Crippen LogP contribution in [0.2, 0.25) is 0 Å². The molecule has 0 aliphatic carbocycles. The van der Waals surface area contributed by atoms with Gasteiger partial charge in [0.1, 0.15) is 4.90 Å². The number of aromatic nitrogens is 1. The summed E-state index contributed by atoms with van der Waals surface area (Å²) in [6, 6.07) is 10.3. The third kappa shape index (κ3) is 3.37. The summed E-state index contributed by atoms with van der Waals surface area (Å²) in [6.07, 6.45) is -3.37. The summed E-state index contributed by atoms with van der Waals surface area (Å²) < 4.78 is 65.4. The van der Waals surface area contributed by atoms with Gasteiger partial charge in [-0.25, -0.2) is 19.1 Å². The van der Waals surface area contributed by atoms with Gasteiger partial charge in [0.05, 0.1) is 11.1 Å². The van der Waals surface area contributed by atoms with Crippen molar-refractivity contribution in [1.29, 1.82) is 0 Å². The fourth-order valence-corrected chi connectivity index (χ4v) is 4.20. The van der Waals surface area contributed by atoms with Crippen molar-refractivity contribution in [2.24, 2.45) is 10.2 Å². The molecule has 12 heteroatoms. The van der Waals surface area contributed by atoms with Crippen molar-refractivity contribution in [2.75, 3.05) is 0 Å². The molecule has 0 radical (unpaired) electrons. The van der Waals surface area contributed by atoms with Crippen LogP contribution in [0, 0.1) is 0 Å². The fourth-order valence-electron chi connectivity index (χ4n) is 3.22. The molecule has 5 N–H and O–H groups in total. The second-order valence-corrected chi connectivity index (χ2v) is 7.60. The molecule has 0 fully saturated rings. The summed E-state index contributed by atoms with van der Waals surface area (Å²) in [5.74, 6) is -0.156. The molecule has 3 aromatic rings. The Morgan fingerprint density at radius 2 is 1.79 bits per heavy atom. The molecular weight excluding hydrogens is 409 g/mol. The molecule has 1 aromatic heterocycles. The summed E-state index contributed by atoms with van der Waals surface area (Å²) in [6.45, 7) is 0. The van der Waals surface area contributed by atoms with Gasteiger partial charge in [-0.1, -0.05) is 24.3 Å². The Balaban J connectivity index is 2.16. The summed E-state index contributed by atoms with van der Waals surface area (Å²) in [7, 11) is -4.78. The summed E-state index contributed by atoms with van der Waals surface area (Å²) >= 11 is 0. The average molecular weight is 422 g/mol. The highest BCUT2D eigenvalue weighted by molar-refractivity contribution is 7.89. The van der Waals surface area contributed by atoms with Crippen LogP contribution in [0.5, 0.6) is 0 Å². The highest BCUT2D eigenvalue weighted by Gasteiger charge is 2.40. The van der Waals surface area contributed by atoms with E-state index in [4.69, 9.17) is 5.14 Å². The maximum absolute atomic E-state index is 13.6. The summed E-state index contributed by atoms with van der Waals surface area (Å²) in [5.41, 5.74) is 6.78. The lowest BCUT2D eigenvalue weighted by Gasteiger charge is -2.19. The topological polar surface area (TPSA) is 122 Å². The van der Waals surface area contributed by atoms with Crippen LogP contribution in [0.4, 0.5) is 13.2 Å². The molecule has 0 spiro atoms. The lowest BCUT2D eigenvalue weighted by Crippen LogP contribution is -2.36. The zero-order valence-electron chi connectivity index (χ0n) is 14.4. The number of nitrogens with one attached hydrogen (secondary N) is 3. The monoisotopic (exact) mass is 422 g/mol. The number of amidine groups is 1. The number of hydrazone groups is 1.